The van der Waals surface area contributed by atoms with Crippen LogP contribution >= 0.6 is 0 Å². The number of methoxy groups -OCH3 is 2. The van der Waals surface area contributed by atoms with Crippen molar-refractivity contribution in [1.29, 1.82) is 0 Å². The van der Waals surface area contributed by atoms with Crippen molar-refractivity contribution in [2.24, 2.45) is 0 Å². The van der Waals surface area contributed by atoms with E-state index >= 15 is 0 Å². The van der Waals surface area contributed by atoms with Gasteiger partial charge in [0, 0.05) is 35.7 Å². The van der Waals surface area contributed by atoms with Crippen LogP contribution in [0.2, 0.25) is 0 Å². The Balaban J connectivity index is 2.43. The van der Waals surface area contributed by atoms with Gasteiger partial charge in [-0.2, -0.15) is 0 Å². The summed E-state index contributed by atoms with van der Waals surface area (Å²) in [5, 5.41) is 11.5. The number of carbonyl (C=O) groups is 1. The SMILES string of the molecule is COc1cc(OC)c2cc(C)n(CCCC(=O)[O-])c2c1. The molecule has 2 aromatic rings. The van der Waals surface area contributed by atoms with Crippen LogP contribution in [0, 0.1) is 6.92 Å². The van der Waals surface area contributed by atoms with Gasteiger partial charge in [0.05, 0.1) is 19.7 Å². The van der Waals surface area contributed by atoms with Gasteiger partial charge in [-0.05, 0) is 25.8 Å². The van der Waals surface area contributed by atoms with E-state index in [-0.39, 0.29) is 6.42 Å². The molecule has 0 fully saturated rings. The third-order valence-corrected chi connectivity index (χ3v) is 3.38. The molecule has 2 rings (SSSR count). The number of carboxylic acid groups (broad SMARTS) is 1. The monoisotopic (exact) mass is 276 g/mol. The van der Waals surface area contributed by atoms with Crippen molar-refractivity contribution in [2.75, 3.05) is 14.2 Å². The number of hydrogen-bond acceptors (Lipinski definition) is 4. The number of ether oxygens (including phenoxy) is 2. The van der Waals surface area contributed by atoms with Crippen molar-refractivity contribution < 1.29 is 19.4 Å². The molecule has 1 aromatic carbocycles. The largest absolute Gasteiger partial charge is 0.550 e. The van der Waals surface area contributed by atoms with Crippen molar-refractivity contribution in [3.05, 3.63) is 23.9 Å². The van der Waals surface area contributed by atoms with Gasteiger partial charge in [-0.1, -0.05) is 0 Å². The predicted octanol–water partition coefficient (Wildman–Crippen LogP) is 1.50. The highest BCUT2D eigenvalue weighted by Crippen LogP contribution is 2.33. The fourth-order valence-electron chi connectivity index (χ4n) is 2.40. The van der Waals surface area contributed by atoms with Crippen molar-refractivity contribution in [1.82, 2.24) is 4.57 Å². The number of nitrogens with zero attached hydrogens (tertiary/aromatic N) is 1. The highest BCUT2D eigenvalue weighted by molar-refractivity contribution is 5.89. The normalized spacial score (nSPS) is 10.8. The van der Waals surface area contributed by atoms with Gasteiger partial charge < -0.3 is 23.9 Å². The Morgan fingerprint density at radius 2 is 2.00 bits per heavy atom. The lowest BCUT2D eigenvalue weighted by Crippen LogP contribution is -2.22. The molecule has 108 valence electrons. The average molecular weight is 276 g/mol. The van der Waals surface area contributed by atoms with E-state index in [9.17, 15) is 9.90 Å². The first-order chi connectivity index (χ1) is 9.56. The third-order valence-electron chi connectivity index (χ3n) is 3.38. The second kappa shape index (κ2) is 5.86. The van der Waals surface area contributed by atoms with Crippen LogP contribution in [0.15, 0.2) is 18.2 Å². The highest BCUT2D eigenvalue weighted by Gasteiger charge is 2.12. The maximum absolute atomic E-state index is 10.5. The lowest BCUT2D eigenvalue weighted by molar-refractivity contribution is -0.305. The Hall–Kier alpha value is -2.17. The smallest absolute Gasteiger partial charge is 0.131 e. The summed E-state index contributed by atoms with van der Waals surface area (Å²) < 4.78 is 12.7. The fourth-order valence-corrected chi connectivity index (χ4v) is 2.40. The van der Waals surface area contributed by atoms with Gasteiger partial charge in [-0.25, -0.2) is 0 Å². The zero-order valence-electron chi connectivity index (χ0n) is 11.9. The molecule has 20 heavy (non-hydrogen) atoms. The molecular formula is C15H18NO4-. The Labute approximate surface area is 117 Å². The van der Waals surface area contributed by atoms with E-state index in [1.54, 1.807) is 14.2 Å². The molecule has 0 bridgehead atoms. The third kappa shape index (κ3) is 2.71. The molecule has 0 aliphatic rings. The van der Waals surface area contributed by atoms with Gasteiger partial charge in [0.25, 0.3) is 0 Å². The molecule has 1 aromatic heterocycles. The van der Waals surface area contributed by atoms with Crippen molar-refractivity contribution in [3.63, 3.8) is 0 Å². The fraction of sp³-hybridized carbons (Fsp3) is 0.400. The molecule has 0 N–H and O–H groups in total. The average Bonchev–Trinajstić information content (AvgIpc) is 2.73. The highest BCUT2D eigenvalue weighted by atomic mass is 16.5. The van der Waals surface area contributed by atoms with E-state index in [2.05, 4.69) is 4.57 Å². The van der Waals surface area contributed by atoms with E-state index in [4.69, 9.17) is 9.47 Å². The first-order valence-electron chi connectivity index (χ1n) is 6.48. The molecule has 0 aliphatic carbocycles. The first-order valence-corrected chi connectivity index (χ1v) is 6.48. The Morgan fingerprint density at radius 3 is 2.60 bits per heavy atom. The van der Waals surface area contributed by atoms with Crippen LogP contribution in [0.4, 0.5) is 0 Å². The quantitative estimate of drug-likeness (QED) is 0.802. The second-order valence-electron chi connectivity index (χ2n) is 4.68. The molecule has 0 saturated carbocycles. The lowest BCUT2D eigenvalue weighted by Gasteiger charge is -2.11. The molecule has 5 nitrogen and oxygen atoms in total. The van der Waals surface area contributed by atoms with E-state index in [1.165, 1.54) is 0 Å². The van der Waals surface area contributed by atoms with Crippen LogP contribution in [-0.2, 0) is 11.3 Å². The van der Waals surface area contributed by atoms with Crippen molar-refractivity contribution >= 4 is 16.9 Å². The summed E-state index contributed by atoms with van der Waals surface area (Å²) in [5.74, 6) is 0.448. The summed E-state index contributed by atoms with van der Waals surface area (Å²) in [6.07, 6.45) is 0.590. The maximum atomic E-state index is 10.5. The van der Waals surface area contributed by atoms with E-state index in [0.29, 0.717) is 18.7 Å². The van der Waals surface area contributed by atoms with Gasteiger partial charge >= 0.3 is 0 Å². The van der Waals surface area contributed by atoms with Crippen LogP contribution in [0.5, 0.6) is 11.5 Å². The minimum Gasteiger partial charge on any atom is -0.550 e. The van der Waals surface area contributed by atoms with Crippen molar-refractivity contribution in [3.8, 4) is 11.5 Å². The summed E-state index contributed by atoms with van der Waals surface area (Å²) >= 11 is 0. The molecule has 0 aliphatic heterocycles. The predicted molar refractivity (Wildman–Crippen MR) is 74.0 cm³/mol. The number of rotatable bonds is 6. The molecule has 1 heterocycles. The van der Waals surface area contributed by atoms with E-state index in [0.717, 1.165) is 22.3 Å². The summed E-state index contributed by atoms with van der Waals surface area (Å²) in [6, 6.07) is 5.81. The molecule has 0 amide bonds. The van der Waals surface area contributed by atoms with Crippen molar-refractivity contribution in [2.45, 2.75) is 26.3 Å². The lowest BCUT2D eigenvalue weighted by atomic mass is 10.2. The first kappa shape index (κ1) is 14.2. The number of aryl methyl sites for hydroxylation is 2. The summed E-state index contributed by atoms with van der Waals surface area (Å²) in [6.45, 7) is 2.62. The van der Waals surface area contributed by atoms with Gasteiger partial charge in [-0.3, -0.25) is 0 Å². The molecule has 0 unspecified atom stereocenters. The zero-order chi connectivity index (χ0) is 14.7. The number of benzene rings is 1. The summed E-state index contributed by atoms with van der Waals surface area (Å²) in [5.41, 5.74) is 2.04. The van der Waals surface area contributed by atoms with Crippen LogP contribution in [-0.4, -0.2) is 24.8 Å². The van der Waals surface area contributed by atoms with Gasteiger partial charge in [0.2, 0.25) is 0 Å². The Bertz CT molecular complexity index is 630. The number of fused-ring (bicyclic) bond motifs is 1. The standard InChI is InChI=1S/C15H19NO4/c1-10-7-12-13(16(10)6-4-5-15(17)18)8-11(19-2)9-14(12)20-3/h7-9H,4-6H2,1-3H3,(H,17,18)/p-1. The Kier molecular flexibility index (Phi) is 4.17. The minimum absolute atomic E-state index is 0.0558. The van der Waals surface area contributed by atoms with Crippen LogP contribution in [0.1, 0.15) is 18.5 Å². The topological polar surface area (TPSA) is 63.5 Å². The van der Waals surface area contributed by atoms with Gasteiger partial charge in [0.15, 0.2) is 0 Å². The Morgan fingerprint density at radius 1 is 1.25 bits per heavy atom. The summed E-state index contributed by atoms with van der Waals surface area (Å²) in [7, 11) is 3.23. The number of carboxylic acids is 1. The molecule has 5 heteroatoms. The molecule has 0 radical (unpaired) electrons. The number of hydrogen-bond donors (Lipinski definition) is 0. The minimum atomic E-state index is -1.02. The van der Waals surface area contributed by atoms with Crippen LogP contribution < -0.4 is 14.6 Å². The van der Waals surface area contributed by atoms with E-state index < -0.39 is 5.97 Å². The maximum Gasteiger partial charge on any atom is 0.131 e. The van der Waals surface area contributed by atoms with Gasteiger partial charge in [-0.15, -0.1) is 0 Å². The number of aromatic nitrogens is 1. The molecular weight excluding hydrogens is 258 g/mol. The number of aliphatic carboxylic acids is 1. The van der Waals surface area contributed by atoms with Crippen LogP contribution in [0.25, 0.3) is 10.9 Å². The molecule has 0 saturated heterocycles. The van der Waals surface area contributed by atoms with Crippen LogP contribution in [0.3, 0.4) is 0 Å². The summed E-state index contributed by atoms with van der Waals surface area (Å²) in [4.78, 5) is 10.5. The zero-order valence-corrected chi connectivity index (χ0v) is 11.9. The number of carbonyl (C=O) groups excluding carboxylic acids is 1. The molecule has 0 spiro atoms. The molecule has 0 atom stereocenters. The van der Waals surface area contributed by atoms with E-state index in [1.807, 2.05) is 25.1 Å². The van der Waals surface area contributed by atoms with Gasteiger partial charge in [0.1, 0.15) is 11.5 Å². The second-order valence-corrected chi connectivity index (χ2v) is 4.68.